The van der Waals surface area contributed by atoms with E-state index < -0.39 is 17.4 Å². The molecule has 2 aliphatic heterocycles. The van der Waals surface area contributed by atoms with Gasteiger partial charge in [-0.1, -0.05) is 18.2 Å². The number of ketones is 1. The van der Waals surface area contributed by atoms with Gasteiger partial charge in [0.2, 0.25) is 0 Å². The van der Waals surface area contributed by atoms with E-state index in [0.717, 1.165) is 0 Å². The number of nitrogens with two attached hydrogens (primary N) is 1. The highest BCUT2D eigenvalue weighted by atomic mass is 16.5. The molecule has 7 nitrogen and oxygen atoms in total. The molecule has 130 valence electrons. The maximum Gasteiger partial charge on any atom is 0.339 e. The van der Waals surface area contributed by atoms with E-state index in [1.54, 1.807) is 31.2 Å². The van der Waals surface area contributed by atoms with Crippen molar-refractivity contribution in [2.24, 2.45) is 5.73 Å². The zero-order valence-electron chi connectivity index (χ0n) is 14.1. The Morgan fingerprint density at radius 3 is 2.60 bits per heavy atom. The molecule has 1 aromatic rings. The van der Waals surface area contributed by atoms with Gasteiger partial charge >= 0.3 is 11.9 Å². The largest absolute Gasteiger partial charge is 0.462 e. The molecule has 2 aliphatic rings. The first-order valence-corrected chi connectivity index (χ1v) is 7.84. The van der Waals surface area contributed by atoms with Crippen molar-refractivity contribution in [2.75, 3.05) is 11.9 Å². The molecule has 0 saturated heterocycles. The monoisotopic (exact) mass is 342 g/mol. The lowest BCUT2D eigenvalue weighted by Gasteiger charge is -2.36. The van der Waals surface area contributed by atoms with Crippen molar-refractivity contribution in [3.8, 4) is 0 Å². The summed E-state index contributed by atoms with van der Waals surface area (Å²) in [5, 5.41) is 2.91. The van der Waals surface area contributed by atoms with Crippen molar-refractivity contribution in [2.45, 2.75) is 26.2 Å². The summed E-state index contributed by atoms with van der Waals surface area (Å²) < 4.78 is 10.4. The quantitative estimate of drug-likeness (QED) is 0.802. The minimum atomic E-state index is -1.73. The Hall–Kier alpha value is -3.09. The molecule has 3 rings (SSSR count). The molecule has 1 spiro atoms. The van der Waals surface area contributed by atoms with Crippen LogP contribution >= 0.6 is 0 Å². The van der Waals surface area contributed by atoms with Crippen LogP contribution in [-0.4, -0.2) is 24.3 Å². The maximum absolute atomic E-state index is 13.0. The molecule has 2 heterocycles. The maximum atomic E-state index is 13.0. The number of esters is 2. The predicted molar refractivity (Wildman–Crippen MR) is 89.1 cm³/mol. The van der Waals surface area contributed by atoms with Gasteiger partial charge in [0.1, 0.15) is 17.2 Å². The van der Waals surface area contributed by atoms with Gasteiger partial charge in [-0.3, -0.25) is 4.79 Å². The number of carbonyl (C=O) groups excluding carboxylic acids is 3. The van der Waals surface area contributed by atoms with Crippen molar-refractivity contribution in [3.63, 3.8) is 0 Å². The summed E-state index contributed by atoms with van der Waals surface area (Å²) in [6.07, 6.45) is 0. The number of Topliss-reactive ketones (excluding diaryl/α,β-unsaturated/α-hetero) is 1. The van der Waals surface area contributed by atoms with Crippen LogP contribution in [0.25, 0.3) is 0 Å². The zero-order chi connectivity index (χ0) is 18.4. The number of nitrogens with one attached hydrogen (secondary N) is 1. The first kappa shape index (κ1) is 16.8. The molecule has 25 heavy (non-hydrogen) atoms. The third kappa shape index (κ3) is 2.15. The molecule has 7 heteroatoms. The van der Waals surface area contributed by atoms with Gasteiger partial charge in [0.15, 0.2) is 11.2 Å². The molecule has 0 fully saturated rings. The molecular weight excluding hydrogens is 324 g/mol. The number of allylic oxidation sites excluding steroid dienone is 1. The van der Waals surface area contributed by atoms with E-state index in [1.165, 1.54) is 13.8 Å². The summed E-state index contributed by atoms with van der Waals surface area (Å²) in [6, 6.07) is 6.85. The highest BCUT2D eigenvalue weighted by Gasteiger charge is 2.61. The number of hydrogen-bond donors (Lipinski definition) is 2. The van der Waals surface area contributed by atoms with E-state index in [4.69, 9.17) is 15.2 Å². The molecule has 1 aromatic carbocycles. The first-order chi connectivity index (χ1) is 11.9. The lowest BCUT2D eigenvalue weighted by Crippen LogP contribution is -2.47. The Morgan fingerprint density at radius 1 is 1.28 bits per heavy atom. The van der Waals surface area contributed by atoms with Crippen LogP contribution < -0.4 is 11.1 Å². The summed E-state index contributed by atoms with van der Waals surface area (Å²) in [7, 11) is 0. The average molecular weight is 342 g/mol. The number of hydrogen-bond acceptors (Lipinski definition) is 7. The highest BCUT2D eigenvalue weighted by molar-refractivity contribution is 6.16. The molecule has 0 aromatic heterocycles. The van der Waals surface area contributed by atoms with Crippen LogP contribution in [0.4, 0.5) is 5.69 Å². The van der Waals surface area contributed by atoms with Crippen LogP contribution in [0.5, 0.6) is 0 Å². The summed E-state index contributed by atoms with van der Waals surface area (Å²) >= 11 is 0. The molecule has 0 radical (unpaired) electrons. The van der Waals surface area contributed by atoms with Crippen molar-refractivity contribution >= 4 is 23.4 Å². The number of fused-ring (bicyclic) bond motifs is 2. The van der Waals surface area contributed by atoms with E-state index in [-0.39, 0.29) is 35.1 Å². The lowest BCUT2D eigenvalue weighted by molar-refractivity contribution is -0.146. The summed E-state index contributed by atoms with van der Waals surface area (Å²) in [5.41, 5.74) is 5.27. The van der Waals surface area contributed by atoms with Crippen molar-refractivity contribution in [3.05, 3.63) is 52.6 Å². The van der Waals surface area contributed by atoms with Gasteiger partial charge in [0.05, 0.1) is 12.2 Å². The third-order valence-corrected chi connectivity index (χ3v) is 4.36. The summed E-state index contributed by atoms with van der Waals surface area (Å²) in [4.78, 5) is 38.0. The molecule has 0 amide bonds. The third-order valence-electron chi connectivity index (χ3n) is 4.36. The topological polar surface area (TPSA) is 108 Å². The molecule has 0 aliphatic carbocycles. The smallest absolute Gasteiger partial charge is 0.339 e. The second-order valence-corrected chi connectivity index (χ2v) is 5.81. The number of rotatable bonds is 3. The zero-order valence-corrected chi connectivity index (χ0v) is 14.1. The number of anilines is 1. The number of para-hydroxylation sites is 1. The molecule has 0 saturated carbocycles. The fraction of sp³-hybridized carbons (Fsp3) is 0.278. The normalized spacial score (nSPS) is 21.8. The van der Waals surface area contributed by atoms with Crippen LogP contribution in [0.2, 0.25) is 0 Å². The Labute approximate surface area is 144 Å². The van der Waals surface area contributed by atoms with Crippen LogP contribution in [0.3, 0.4) is 0 Å². The van der Waals surface area contributed by atoms with Crippen molar-refractivity contribution in [1.29, 1.82) is 0 Å². The van der Waals surface area contributed by atoms with E-state index in [1.807, 2.05) is 0 Å². The molecule has 1 atom stereocenters. The Morgan fingerprint density at radius 2 is 1.96 bits per heavy atom. The minimum Gasteiger partial charge on any atom is -0.462 e. The molecule has 0 bridgehead atoms. The second-order valence-electron chi connectivity index (χ2n) is 5.81. The number of ether oxygens (including phenoxy) is 2. The SMILES string of the molecule is CCOC(=O)C1=C(N)Nc2ccccc2[C@]12C(=O)OC(C)=C2C(C)=O. The second kappa shape index (κ2) is 5.77. The fourth-order valence-corrected chi connectivity index (χ4v) is 3.55. The summed E-state index contributed by atoms with van der Waals surface area (Å²) in [5.74, 6) is -1.77. The van der Waals surface area contributed by atoms with E-state index in [2.05, 4.69) is 5.32 Å². The van der Waals surface area contributed by atoms with Gasteiger partial charge in [-0.2, -0.15) is 0 Å². The van der Waals surface area contributed by atoms with Crippen LogP contribution in [0.1, 0.15) is 26.3 Å². The predicted octanol–water partition coefficient (Wildman–Crippen LogP) is 1.50. The number of carbonyl (C=O) groups is 3. The Balaban J connectivity index is 2.42. The number of cyclic esters (lactones) is 1. The van der Waals surface area contributed by atoms with Gasteiger partial charge < -0.3 is 20.5 Å². The standard InChI is InChI=1S/C18H18N2O5/c1-4-24-16(22)14-15(19)20-12-8-6-5-7-11(12)18(14)13(9(2)21)10(3)25-17(18)23/h5-8,20H,4,19H2,1-3H3/t18-/m1/s1. The average Bonchev–Trinajstić information content (AvgIpc) is 2.79. The van der Waals surface area contributed by atoms with Crippen molar-refractivity contribution in [1.82, 2.24) is 0 Å². The van der Waals surface area contributed by atoms with Gasteiger partial charge in [0, 0.05) is 11.3 Å². The van der Waals surface area contributed by atoms with Gasteiger partial charge in [-0.05, 0) is 26.8 Å². The van der Waals surface area contributed by atoms with Gasteiger partial charge in [-0.25, -0.2) is 9.59 Å². The van der Waals surface area contributed by atoms with E-state index >= 15 is 0 Å². The van der Waals surface area contributed by atoms with E-state index in [0.29, 0.717) is 11.3 Å². The molecule has 3 N–H and O–H groups in total. The fourth-order valence-electron chi connectivity index (χ4n) is 3.55. The highest BCUT2D eigenvalue weighted by Crippen LogP contribution is 2.52. The Bertz CT molecular complexity index is 868. The van der Waals surface area contributed by atoms with Gasteiger partial charge in [0.25, 0.3) is 0 Å². The minimum absolute atomic E-state index is 0.0393. The van der Waals surface area contributed by atoms with Crippen LogP contribution in [-0.2, 0) is 29.3 Å². The van der Waals surface area contributed by atoms with Gasteiger partial charge in [-0.15, -0.1) is 0 Å². The summed E-state index contributed by atoms with van der Waals surface area (Å²) in [6.45, 7) is 4.59. The Kier molecular flexibility index (Phi) is 3.87. The lowest BCUT2D eigenvalue weighted by atomic mass is 9.66. The number of benzene rings is 1. The molecular formula is C18H18N2O5. The van der Waals surface area contributed by atoms with Crippen LogP contribution in [0.15, 0.2) is 47.0 Å². The van der Waals surface area contributed by atoms with E-state index in [9.17, 15) is 14.4 Å². The first-order valence-electron chi connectivity index (χ1n) is 7.84. The van der Waals surface area contributed by atoms with Crippen LogP contribution in [0, 0.1) is 0 Å². The molecule has 0 unspecified atom stereocenters. The van der Waals surface area contributed by atoms with Crippen molar-refractivity contribution < 1.29 is 23.9 Å².